The molecule has 0 fully saturated rings. The third kappa shape index (κ3) is 3.01. The van der Waals surface area contributed by atoms with Gasteiger partial charge >= 0.3 is 0 Å². The molecule has 0 radical (unpaired) electrons. The van der Waals surface area contributed by atoms with Crippen molar-refractivity contribution in [2.45, 2.75) is 6.54 Å². The molecule has 1 N–H and O–H groups in total. The van der Waals surface area contributed by atoms with Crippen LogP contribution in [0.15, 0.2) is 46.9 Å². The van der Waals surface area contributed by atoms with Gasteiger partial charge in [0.2, 0.25) is 0 Å². The minimum atomic E-state index is -0.266. The number of rotatable bonds is 4. The molecule has 0 saturated heterocycles. The van der Waals surface area contributed by atoms with Gasteiger partial charge in [0.05, 0.1) is 11.6 Å². The number of halogens is 2. The van der Waals surface area contributed by atoms with E-state index in [0.29, 0.717) is 11.0 Å². The van der Waals surface area contributed by atoms with Crippen LogP contribution in [0, 0.1) is 5.82 Å². The van der Waals surface area contributed by atoms with Gasteiger partial charge in [-0.3, -0.25) is 0 Å². The predicted octanol–water partition coefficient (Wildman–Crippen LogP) is 4.21. The largest absolute Gasteiger partial charge is 0.496 e. The fourth-order valence-electron chi connectivity index (χ4n) is 1.65. The van der Waals surface area contributed by atoms with Gasteiger partial charge in [0.15, 0.2) is 0 Å². The van der Waals surface area contributed by atoms with Crippen molar-refractivity contribution in [2.75, 3.05) is 12.4 Å². The highest BCUT2D eigenvalue weighted by Crippen LogP contribution is 2.22. The Morgan fingerprint density at radius 2 is 2.00 bits per heavy atom. The van der Waals surface area contributed by atoms with Gasteiger partial charge in [0.1, 0.15) is 11.6 Å². The summed E-state index contributed by atoms with van der Waals surface area (Å²) in [6, 6.07) is 12.6. The lowest BCUT2D eigenvalue weighted by atomic mass is 10.2. The topological polar surface area (TPSA) is 21.3 Å². The van der Waals surface area contributed by atoms with Gasteiger partial charge in [-0.05, 0) is 40.2 Å². The number of hydrogen-bond donors (Lipinski definition) is 1. The normalized spacial score (nSPS) is 10.2. The van der Waals surface area contributed by atoms with Gasteiger partial charge < -0.3 is 10.1 Å². The summed E-state index contributed by atoms with van der Waals surface area (Å²) in [4.78, 5) is 0. The minimum Gasteiger partial charge on any atom is -0.496 e. The first kappa shape index (κ1) is 12.9. The molecule has 0 aliphatic rings. The van der Waals surface area contributed by atoms with Crippen molar-refractivity contribution in [2.24, 2.45) is 0 Å². The molecule has 2 aromatic rings. The van der Waals surface area contributed by atoms with Crippen molar-refractivity contribution in [3.63, 3.8) is 0 Å². The predicted molar refractivity (Wildman–Crippen MR) is 74.4 cm³/mol. The lowest BCUT2D eigenvalue weighted by Crippen LogP contribution is -2.01. The number of ether oxygens (including phenoxy) is 1. The van der Waals surface area contributed by atoms with Crippen LogP contribution in [0.5, 0.6) is 5.75 Å². The average Bonchev–Trinajstić information content (AvgIpc) is 2.40. The Morgan fingerprint density at radius 3 is 2.72 bits per heavy atom. The van der Waals surface area contributed by atoms with E-state index >= 15 is 0 Å². The van der Waals surface area contributed by atoms with E-state index in [2.05, 4.69) is 21.2 Å². The van der Waals surface area contributed by atoms with E-state index in [-0.39, 0.29) is 5.82 Å². The maximum atomic E-state index is 13.1. The van der Waals surface area contributed by atoms with Crippen LogP contribution in [0.2, 0.25) is 0 Å². The molecule has 0 bridgehead atoms. The number of para-hydroxylation sites is 1. The maximum absolute atomic E-state index is 13.1. The van der Waals surface area contributed by atoms with Crippen molar-refractivity contribution in [3.05, 3.63) is 58.3 Å². The Balaban J connectivity index is 2.09. The number of anilines is 1. The monoisotopic (exact) mass is 309 g/mol. The molecule has 2 rings (SSSR count). The molecule has 0 aliphatic heterocycles. The number of methoxy groups -OCH3 is 1. The molecule has 0 aromatic heterocycles. The van der Waals surface area contributed by atoms with Crippen LogP contribution < -0.4 is 10.1 Å². The van der Waals surface area contributed by atoms with Crippen LogP contribution in [-0.4, -0.2) is 7.11 Å². The van der Waals surface area contributed by atoms with Crippen LogP contribution >= 0.6 is 15.9 Å². The first-order chi connectivity index (χ1) is 8.70. The van der Waals surface area contributed by atoms with Gasteiger partial charge in [-0.2, -0.15) is 0 Å². The molecule has 4 heteroatoms. The van der Waals surface area contributed by atoms with Gasteiger partial charge in [0, 0.05) is 17.8 Å². The molecular weight excluding hydrogens is 297 g/mol. The summed E-state index contributed by atoms with van der Waals surface area (Å²) in [7, 11) is 1.65. The van der Waals surface area contributed by atoms with Crippen LogP contribution in [0.3, 0.4) is 0 Å². The molecule has 2 aromatic carbocycles. The zero-order valence-electron chi connectivity index (χ0n) is 9.91. The van der Waals surface area contributed by atoms with E-state index in [1.807, 2.05) is 24.3 Å². The molecule has 0 atom stereocenters. The number of benzene rings is 2. The Labute approximate surface area is 114 Å². The molecular formula is C14H13BrFNO. The Bertz CT molecular complexity index is 545. The summed E-state index contributed by atoms with van der Waals surface area (Å²) in [5.74, 6) is 0.573. The average molecular weight is 310 g/mol. The van der Waals surface area contributed by atoms with E-state index < -0.39 is 0 Å². The molecule has 0 spiro atoms. The zero-order chi connectivity index (χ0) is 13.0. The second-order valence-corrected chi connectivity index (χ2v) is 4.65. The standard InChI is InChI=1S/C14H13BrFNO/c1-18-14-5-3-2-4-10(14)9-17-11-6-7-13(16)12(15)8-11/h2-8,17H,9H2,1H3. The summed E-state index contributed by atoms with van der Waals surface area (Å²) in [6.07, 6.45) is 0. The molecule has 0 heterocycles. The first-order valence-electron chi connectivity index (χ1n) is 5.51. The Hall–Kier alpha value is -1.55. The van der Waals surface area contributed by atoms with Crippen molar-refractivity contribution < 1.29 is 9.13 Å². The fraction of sp³-hybridized carbons (Fsp3) is 0.143. The lowest BCUT2D eigenvalue weighted by molar-refractivity contribution is 0.410. The van der Waals surface area contributed by atoms with E-state index in [9.17, 15) is 4.39 Å². The van der Waals surface area contributed by atoms with Crippen LogP contribution in [-0.2, 0) is 6.54 Å². The van der Waals surface area contributed by atoms with Crippen LogP contribution in [0.4, 0.5) is 10.1 Å². The highest BCUT2D eigenvalue weighted by Gasteiger charge is 2.03. The fourth-order valence-corrected chi connectivity index (χ4v) is 2.03. The summed E-state index contributed by atoms with van der Waals surface area (Å²) < 4.78 is 18.8. The minimum absolute atomic E-state index is 0.266. The van der Waals surface area contributed by atoms with Crippen molar-refractivity contribution >= 4 is 21.6 Å². The van der Waals surface area contributed by atoms with Crippen molar-refractivity contribution in [1.29, 1.82) is 0 Å². The highest BCUT2D eigenvalue weighted by molar-refractivity contribution is 9.10. The van der Waals surface area contributed by atoms with Crippen molar-refractivity contribution in [1.82, 2.24) is 0 Å². The molecule has 0 aliphatic carbocycles. The van der Waals surface area contributed by atoms with Gasteiger partial charge in [-0.1, -0.05) is 18.2 Å². The third-order valence-electron chi connectivity index (χ3n) is 2.60. The maximum Gasteiger partial charge on any atom is 0.137 e. The van der Waals surface area contributed by atoms with Crippen LogP contribution in [0.25, 0.3) is 0 Å². The molecule has 94 valence electrons. The van der Waals surface area contributed by atoms with Gasteiger partial charge in [-0.15, -0.1) is 0 Å². The van der Waals surface area contributed by atoms with Gasteiger partial charge in [-0.25, -0.2) is 4.39 Å². The summed E-state index contributed by atoms with van der Waals surface area (Å²) in [6.45, 7) is 0.627. The number of nitrogens with one attached hydrogen (secondary N) is 1. The molecule has 0 unspecified atom stereocenters. The van der Waals surface area contributed by atoms with E-state index in [4.69, 9.17) is 4.74 Å². The smallest absolute Gasteiger partial charge is 0.137 e. The summed E-state index contributed by atoms with van der Waals surface area (Å²) in [5, 5.41) is 3.23. The summed E-state index contributed by atoms with van der Waals surface area (Å²) >= 11 is 3.16. The second-order valence-electron chi connectivity index (χ2n) is 3.79. The van der Waals surface area contributed by atoms with E-state index in [1.54, 1.807) is 19.2 Å². The Morgan fingerprint density at radius 1 is 1.22 bits per heavy atom. The first-order valence-corrected chi connectivity index (χ1v) is 6.31. The SMILES string of the molecule is COc1ccccc1CNc1ccc(F)c(Br)c1. The Kier molecular flexibility index (Phi) is 4.20. The molecule has 18 heavy (non-hydrogen) atoms. The van der Waals surface area contributed by atoms with Crippen LogP contribution in [0.1, 0.15) is 5.56 Å². The molecule has 0 saturated carbocycles. The summed E-state index contributed by atoms with van der Waals surface area (Å²) in [5.41, 5.74) is 1.91. The van der Waals surface area contributed by atoms with E-state index in [1.165, 1.54) is 6.07 Å². The molecule has 0 amide bonds. The lowest BCUT2D eigenvalue weighted by Gasteiger charge is -2.10. The highest BCUT2D eigenvalue weighted by atomic mass is 79.9. The number of hydrogen-bond acceptors (Lipinski definition) is 2. The quantitative estimate of drug-likeness (QED) is 0.913. The second kappa shape index (κ2) is 5.87. The van der Waals surface area contributed by atoms with Crippen molar-refractivity contribution in [3.8, 4) is 5.75 Å². The zero-order valence-corrected chi connectivity index (χ0v) is 11.5. The third-order valence-corrected chi connectivity index (χ3v) is 3.20. The van der Waals surface area contributed by atoms with E-state index in [0.717, 1.165) is 17.0 Å². The molecule has 2 nitrogen and oxygen atoms in total. The van der Waals surface area contributed by atoms with Gasteiger partial charge in [0.25, 0.3) is 0 Å².